The lowest BCUT2D eigenvalue weighted by Crippen LogP contribution is -2.34. The van der Waals surface area contributed by atoms with Crippen molar-refractivity contribution in [1.82, 2.24) is 4.90 Å². The SMILES string of the molecule is CC1CCC(=CC(=O)N2CCC(C)(C(=O)O)C2)CC1. The number of carboxylic acids is 1. The molecule has 2 aliphatic rings. The van der Waals surface area contributed by atoms with Gasteiger partial charge in [0.25, 0.3) is 0 Å². The predicted octanol–water partition coefficient (Wildman–Crippen LogP) is 2.45. The Morgan fingerprint density at radius 1 is 1.37 bits per heavy atom. The maximum Gasteiger partial charge on any atom is 0.311 e. The number of amides is 1. The smallest absolute Gasteiger partial charge is 0.311 e. The van der Waals surface area contributed by atoms with Crippen LogP contribution in [-0.2, 0) is 9.59 Å². The maximum absolute atomic E-state index is 12.2. The van der Waals surface area contributed by atoms with Crippen molar-refractivity contribution in [2.75, 3.05) is 13.1 Å². The van der Waals surface area contributed by atoms with Crippen LogP contribution in [0, 0.1) is 11.3 Å². The number of carbonyl (C=O) groups is 2. The quantitative estimate of drug-likeness (QED) is 0.780. The van der Waals surface area contributed by atoms with E-state index < -0.39 is 11.4 Å². The van der Waals surface area contributed by atoms with Crippen LogP contribution in [0.25, 0.3) is 0 Å². The number of hydrogen-bond acceptors (Lipinski definition) is 2. The van der Waals surface area contributed by atoms with E-state index in [9.17, 15) is 9.59 Å². The molecule has 19 heavy (non-hydrogen) atoms. The molecule has 1 saturated heterocycles. The van der Waals surface area contributed by atoms with E-state index in [1.54, 1.807) is 17.9 Å². The van der Waals surface area contributed by atoms with Crippen LogP contribution in [-0.4, -0.2) is 35.0 Å². The minimum Gasteiger partial charge on any atom is -0.481 e. The minimum atomic E-state index is -0.804. The van der Waals surface area contributed by atoms with Crippen LogP contribution < -0.4 is 0 Å². The van der Waals surface area contributed by atoms with Gasteiger partial charge in [-0.1, -0.05) is 12.5 Å². The van der Waals surface area contributed by atoms with Gasteiger partial charge in [-0.15, -0.1) is 0 Å². The van der Waals surface area contributed by atoms with Gasteiger partial charge in [0, 0.05) is 19.2 Å². The molecule has 0 bridgehead atoms. The Balaban J connectivity index is 1.95. The summed E-state index contributed by atoms with van der Waals surface area (Å²) < 4.78 is 0. The van der Waals surface area contributed by atoms with E-state index >= 15 is 0 Å². The summed E-state index contributed by atoms with van der Waals surface area (Å²) in [5.41, 5.74) is 0.460. The van der Waals surface area contributed by atoms with Crippen molar-refractivity contribution >= 4 is 11.9 Å². The Labute approximate surface area is 114 Å². The van der Waals surface area contributed by atoms with Crippen molar-refractivity contribution < 1.29 is 14.7 Å². The van der Waals surface area contributed by atoms with E-state index in [4.69, 9.17) is 5.11 Å². The summed E-state index contributed by atoms with van der Waals surface area (Å²) in [6, 6.07) is 0. The standard InChI is InChI=1S/C15H23NO3/c1-11-3-5-12(6-4-11)9-13(17)16-8-7-15(2,10-16)14(18)19/h9,11H,3-8,10H2,1-2H3,(H,18,19). The predicted molar refractivity (Wildman–Crippen MR) is 72.7 cm³/mol. The monoisotopic (exact) mass is 265 g/mol. The van der Waals surface area contributed by atoms with Gasteiger partial charge >= 0.3 is 5.97 Å². The highest BCUT2D eigenvalue weighted by Crippen LogP contribution is 2.31. The maximum atomic E-state index is 12.2. The van der Waals surface area contributed by atoms with Crippen LogP contribution in [0.2, 0.25) is 0 Å². The van der Waals surface area contributed by atoms with Crippen molar-refractivity contribution in [1.29, 1.82) is 0 Å². The van der Waals surface area contributed by atoms with Crippen LogP contribution in [0.1, 0.15) is 46.0 Å². The fraction of sp³-hybridized carbons (Fsp3) is 0.733. The number of carboxylic acid groups (broad SMARTS) is 1. The first-order valence-electron chi connectivity index (χ1n) is 7.12. The fourth-order valence-corrected chi connectivity index (χ4v) is 2.87. The number of aliphatic carboxylic acids is 1. The van der Waals surface area contributed by atoms with Gasteiger partial charge in [-0.05, 0) is 44.9 Å². The molecule has 0 aromatic rings. The molecule has 0 aromatic heterocycles. The third-order valence-electron chi connectivity index (χ3n) is 4.55. The summed E-state index contributed by atoms with van der Waals surface area (Å²) in [7, 11) is 0. The Kier molecular flexibility index (Phi) is 3.97. The summed E-state index contributed by atoms with van der Waals surface area (Å²) in [4.78, 5) is 25.0. The number of likely N-dealkylation sites (tertiary alicyclic amines) is 1. The van der Waals surface area contributed by atoms with Crippen molar-refractivity contribution in [2.24, 2.45) is 11.3 Å². The zero-order valence-corrected chi connectivity index (χ0v) is 11.8. The van der Waals surface area contributed by atoms with Crippen LogP contribution in [0.3, 0.4) is 0 Å². The highest BCUT2D eigenvalue weighted by atomic mass is 16.4. The van der Waals surface area contributed by atoms with E-state index in [2.05, 4.69) is 6.92 Å². The largest absolute Gasteiger partial charge is 0.481 e. The van der Waals surface area contributed by atoms with Crippen LogP contribution in [0.15, 0.2) is 11.6 Å². The van der Waals surface area contributed by atoms with Gasteiger partial charge in [0.2, 0.25) is 5.91 Å². The van der Waals surface area contributed by atoms with Crippen LogP contribution in [0.4, 0.5) is 0 Å². The van der Waals surface area contributed by atoms with E-state index in [0.717, 1.165) is 31.6 Å². The topological polar surface area (TPSA) is 57.6 Å². The highest BCUT2D eigenvalue weighted by Gasteiger charge is 2.41. The molecule has 1 atom stereocenters. The first-order valence-corrected chi connectivity index (χ1v) is 7.12. The summed E-state index contributed by atoms with van der Waals surface area (Å²) >= 11 is 0. The number of hydrogen-bond donors (Lipinski definition) is 1. The molecule has 1 unspecified atom stereocenters. The minimum absolute atomic E-state index is 0.00507. The average molecular weight is 265 g/mol. The molecule has 4 heteroatoms. The first-order chi connectivity index (χ1) is 8.90. The van der Waals surface area contributed by atoms with Crippen molar-refractivity contribution in [3.05, 3.63) is 11.6 Å². The number of carbonyl (C=O) groups excluding carboxylic acids is 1. The molecule has 1 aliphatic carbocycles. The lowest BCUT2D eigenvalue weighted by Gasteiger charge is -2.22. The lowest BCUT2D eigenvalue weighted by atomic mass is 9.87. The van der Waals surface area contributed by atoms with E-state index in [0.29, 0.717) is 19.5 Å². The summed E-state index contributed by atoms with van der Waals surface area (Å²) in [6.45, 7) is 4.86. The first kappa shape index (κ1) is 14.1. The van der Waals surface area contributed by atoms with E-state index in [1.807, 2.05) is 0 Å². The van der Waals surface area contributed by atoms with E-state index in [-0.39, 0.29) is 5.91 Å². The molecule has 1 aliphatic heterocycles. The number of rotatable bonds is 2. The fourth-order valence-electron chi connectivity index (χ4n) is 2.87. The second-order valence-electron chi connectivity index (χ2n) is 6.36. The molecule has 4 nitrogen and oxygen atoms in total. The van der Waals surface area contributed by atoms with Gasteiger partial charge in [0.05, 0.1) is 5.41 Å². The van der Waals surface area contributed by atoms with E-state index in [1.165, 1.54) is 5.57 Å². The molecule has 1 heterocycles. The van der Waals surface area contributed by atoms with Gasteiger partial charge in [-0.2, -0.15) is 0 Å². The molecule has 0 aromatic carbocycles. The Morgan fingerprint density at radius 2 is 2.00 bits per heavy atom. The second-order valence-corrected chi connectivity index (χ2v) is 6.36. The number of nitrogens with zero attached hydrogens (tertiary/aromatic N) is 1. The normalized spacial score (nSPS) is 31.4. The van der Waals surface area contributed by atoms with Gasteiger partial charge in [-0.3, -0.25) is 9.59 Å². The zero-order valence-electron chi connectivity index (χ0n) is 11.8. The van der Waals surface area contributed by atoms with Gasteiger partial charge in [0.1, 0.15) is 0 Å². The lowest BCUT2D eigenvalue weighted by molar-refractivity contribution is -0.147. The average Bonchev–Trinajstić information content (AvgIpc) is 2.76. The molecule has 106 valence electrons. The number of allylic oxidation sites excluding steroid dienone is 1. The molecule has 1 amide bonds. The van der Waals surface area contributed by atoms with Gasteiger partial charge < -0.3 is 10.0 Å². The third kappa shape index (κ3) is 3.17. The van der Waals surface area contributed by atoms with Crippen LogP contribution >= 0.6 is 0 Å². The molecule has 0 radical (unpaired) electrons. The summed E-state index contributed by atoms with van der Waals surface area (Å²) in [5.74, 6) is -0.0502. The molecular weight excluding hydrogens is 242 g/mol. The molecule has 1 saturated carbocycles. The second kappa shape index (κ2) is 5.35. The van der Waals surface area contributed by atoms with Gasteiger partial charge in [-0.25, -0.2) is 0 Å². The molecule has 2 rings (SSSR count). The third-order valence-corrected chi connectivity index (χ3v) is 4.55. The molecule has 0 spiro atoms. The summed E-state index contributed by atoms with van der Waals surface area (Å²) in [5, 5.41) is 9.17. The molecular formula is C15H23NO3. The Hall–Kier alpha value is -1.32. The molecule has 2 fully saturated rings. The molecule has 1 N–H and O–H groups in total. The zero-order chi connectivity index (χ0) is 14.0. The van der Waals surface area contributed by atoms with Crippen molar-refractivity contribution in [3.63, 3.8) is 0 Å². The van der Waals surface area contributed by atoms with Crippen LogP contribution in [0.5, 0.6) is 0 Å². The highest BCUT2D eigenvalue weighted by molar-refractivity contribution is 5.89. The Bertz CT molecular complexity index is 406. The van der Waals surface area contributed by atoms with Gasteiger partial charge in [0.15, 0.2) is 0 Å². The van der Waals surface area contributed by atoms with Crippen molar-refractivity contribution in [3.8, 4) is 0 Å². The summed E-state index contributed by atoms with van der Waals surface area (Å²) in [6.07, 6.45) is 6.64. The Morgan fingerprint density at radius 3 is 2.53 bits per heavy atom. The van der Waals surface area contributed by atoms with Crippen molar-refractivity contribution in [2.45, 2.75) is 46.0 Å².